The molecular formula is C26H24N4O. The Morgan fingerprint density at radius 1 is 0.903 bits per heavy atom. The molecule has 0 bridgehead atoms. The summed E-state index contributed by atoms with van der Waals surface area (Å²) in [4.78, 5) is 4.76. The van der Waals surface area contributed by atoms with E-state index in [9.17, 15) is 0 Å². The van der Waals surface area contributed by atoms with E-state index in [2.05, 4.69) is 75.7 Å². The number of imidazole rings is 1. The van der Waals surface area contributed by atoms with Crippen LogP contribution in [0.3, 0.4) is 0 Å². The molecule has 5 heteroatoms. The van der Waals surface area contributed by atoms with Gasteiger partial charge in [-0.2, -0.15) is 0 Å². The fraction of sp³-hybridized carbons (Fsp3) is 0.154. The Hall–Kier alpha value is -3.86. The third kappa shape index (κ3) is 3.82. The van der Waals surface area contributed by atoms with Crippen LogP contribution in [0.2, 0.25) is 0 Å². The standard InChI is InChI=1S/C26H24N4O/c1-18-25(19(2)31-29-18)22-13-23(27-15-20-9-5-3-6-10-20)26-24(14-22)30(17-28-26)16-21-11-7-4-8-12-21/h3-14,17,27H,15-16H2,1-2H3. The number of nitrogens with one attached hydrogen (secondary N) is 1. The summed E-state index contributed by atoms with van der Waals surface area (Å²) in [6.07, 6.45) is 1.92. The van der Waals surface area contributed by atoms with Crippen LogP contribution < -0.4 is 5.32 Å². The molecule has 5 aromatic rings. The topological polar surface area (TPSA) is 55.9 Å². The fourth-order valence-electron chi connectivity index (χ4n) is 4.04. The summed E-state index contributed by atoms with van der Waals surface area (Å²) in [7, 11) is 0. The van der Waals surface area contributed by atoms with Gasteiger partial charge in [-0.05, 0) is 42.7 Å². The highest BCUT2D eigenvalue weighted by atomic mass is 16.5. The Morgan fingerprint density at radius 2 is 1.61 bits per heavy atom. The Balaban J connectivity index is 1.60. The summed E-state index contributed by atoms with van der Waals surface area (Å²) in [6, 6.07) is 25.2. The van der Waals surface area contributed by atoms with E-state index in [0.29, 0.717) is 0 Å². The van der Waals surface area contributed by atoms with E-state index in [1.54, 1.807) is 0 Å². The Bertz CT molecular complexity index is 1300. The van der Waals surface area contributed by atoms with Gasteiger partial charge in [-0.25, -0.2) is 4.98 Å². The van der Waals surface area contributed by atoms with E-state index < -0.39 is 0 Å². The molecule has 1 N–H and O–H groups in total. The SMILES string of the molecule is Cc1noc(C)c1-c1cc(NCc2ccccc2)c2ncn(Cc3ccccc3)c2c1. The number of rotatable bonds is 6. The predicted molar refractivity (Wildman–Crippen MR) is 124 cm³/mol. The second kappa shape index (κ2) is 8.11. The largest absolute Gasteiger partial charge is 0.379 e. The predicted octanol–water partition coefficient (Wildman–Crippen LogP) is 5.97. The minimum atomic E-state index is 0.729. The molecule has 5 nitrogen and oxygen atoms in total. The first-order valence-electron chi connectivity index (χ1n) is 10.4. The van der Waals surface area contributed by atoms with Crippen LogP contribution in [0, 0.1) is 13.8 Å². The van der Waals surface area contributed by atoms with Crippen LogP contribution in [-0.2, 0) is 13.1 Å². The summed E-state index contributed by atoms with van der Waals surface area (Å²) in [5.74, 6) is 0.819. The maximum atomic E-state index is 5.45. The van der Waals surface area contributed by atoms with Crippen LogP contribution in [0.25, 0.3) is 22.2 Å². The molecule has 0 radical (unpaired) electrons. The van der Waals surface area contributed by atoms with Gasteiger partial charge in [0.2, 0.25) is 0 Å². The quantitative estimate of drug-likeness (QED) is 0.376. The van der Waals surface area contributed by atoms with E-state index in [-0.39, 0.29) is 0 Å². The number of aromatic nitrogens is 3. The molecule has 0 aliphatic rings. The number of nitrogens with zero attached hydrogens (tertiary/aromatic N) is 3. The van der Waals surface area contributed by atoms with Crippen LogP contribution >= 0.6 is 0 Å². The van der Waals surface area contributed by atoms with Gasteiger partial charge in [0.1, 0.15) is 11.3 Å². The molecule has 5 rings (SSSR count). The lowest BCUT2D eigenvalue weighted by Gasteiger charge is -2.12. The molecule has 0 fully saturated rings. The van der Waals surface area contributed by atoms with Gasteiger partial charge in [0, 0.05) is 18.7 Å². The van der Waals surface area contributed by atoms with Gasteiger partial charge >= 0.3 is 0 Å². The summed E-state index contributed by atoms with van der Waals surface area (Å²) >= 11 is 0. The van der Waals surface area contributed by atoms with Crippen molar-refractivity contribution < 1.29 is 4.52 Å². The van der Waals surface area contributed by atoms with Crippen molar-refractivity contribution in [1.82, 2.24) is 14.7 Å². The van der Waals surface area contributed by atoms with Gasteiger partial charge in [-0.1, -0.05) is 65.8 Å². The van der Waals surface area contributed by atoms with Crippen molar-refractivity contribution in [1.29, 1.82) is 0 Å². The molecule has 0 unspecified atom stereocenters. The van der Waals surface area contributed by atoms with Crippen molar-refractivity contribution in [2.24, 2.45) is 0 Å². The normalized spacial score (nSPS) is 11.2. The average molecular weight is 409 g/mol. The second-order valence-corrected chi connectivity index (χ2v) is 7.79. The molecule has 3 aromatic carbocycles. The first kappa shape index (κ1) is 19.1. The number of aryl methyl sites for hydroxylation is 2. The lowest BCUT2D eigenvalue weighted by atomic mass is 10.0. The number of hydrogen-bond acceptors (Lipinski definition) is 4. The van der Waals surface area contributed by atoms with E-state index in [1.165, 1.54) is 11.1 Å². The lowest BCUT2D eigenvalue weighted by Crippen LogP contribution is -2.02. The molecule has 2 aromatic heterocycles. The first-order chi connectivity index (χ1) is 15.2. The zero-order valence-corrected chi connectivity index (χ0v) is 17.7. The molecule has 0 spiro atoms. The molecule has 0 amide bonds. The minimum Gasteiger partial charge on any atom is -0.379 e. The molecule has 31 heavy (non-hydrogen) atoms. The number of benzene rings is 3. The molecule has 2 heterocycles. The van der Waals surface area contributed by atoms with Gasteiger partial charge in [-0.15, -0.1) is 0 Å². The van der Waals surface area contributed by atoms with Gasteiger partial charge in [0.15, 0.2) is 0 Å². The molecule has 0 aliphatic heterocycles. The fourth-order valence-corrected chi connectivity index (χ4v) is 4.04. The minimum absolute atomic E-state index is 0.729. The van der Waals surface area contributed by atoms with E-state index >= 15 is 0 Å². The molecule has 0 saturated carbocycles. The van der Waals surface area contributed by atoms with Gasteiger partial charge in [0.05, 0.1) is 23.2 Å². The van der Waals surface area contributed by atoms with Crippen molar-refractivity contribution in [2.45, 2.75) is 26.9 Å². The van der Waals surface area contributed by atoms with E-state index in [1.807, 2.05) is 32.3 Å². The summed E-state index contributed by atoms with van der Waals surface area (Å²) in [5, 5.41) is 7.75. The van der Waals surface area contributed by atoms with Crippen molar-refractivity contribution in [3.63, 3.8) is 0 Å². The van der Waals surface area contributed by atoms with Crippen molar-refractivity contribution in [3.8, 4) is 11.1 Å². The molecule has 0 aliphatic carbocycles. The lowest BCUT2D eigenvalue weighted by molar-refractivity contribution is 0.393. The van der Waals surface area contributed by atoms with Crippen molar-refractivity contribution in [2.75, 3.05) is 5.32 Å². The first-order valence-corrected chi connectivity index (χ1v) is 10.4. The monoisotopic (exact) mass is 408 g/mol. The average Bonchev–Trinajstić information content (AvgIpc) is 3.36. The Morgan fingerprint density at radius 3 is 2.29 bits per heavy atom. The molecular weight excluding hydrogens is 384 g/mol. The zero-order valence-electron chi connectivity index (χ0n) is 17.7. The summed E-state index contributed by atoms with van der Waals surface area (Å²) in [6.45, 7) is 5.43. The smallest absolute Gasteiger partial charge is 0.141 e. The third-order valence-electron chi connectivity index (χ3n) is 5.57. The maximum absolute atomic E-state index is 5.45. The maximum Gasteiger partial charge on any atom is 0.141 e. The number of fused-ring (bicyclic) bond motifs is 1. The van der Waals surface area contributed by atoms with Crippen LogP contribution in [-0.4, -0.2) is 14.7 Å². The highest BCUT2D eigenvalue weighted by Crippen LogP contribution is 2.34. The Kier molecular flexibility index (Phi) is 5.00. The van der Waals surface area contributed by atoms with Crippen LogP contribution in [0.15, 0.2) is 83.6 Å². The van der Waals surface area contributed by atoms with Crippen LogP contribution in [0.5, 0.6) is 0 Å². The van der Waals surface area contributed by atoms with Crippen LogP contribution in [0.4, 0.5) is 5.69 Å². The summed E-state index contributed by atoms with van der Waals surface area (Å²) < 4.78 is 7.64. The Labute approximate surface area is 181 Å². The van der Waals surface area contributed by atoms with E-state index in [4.69, 9.17) is 9.51 Å². The molecule has 154 valence electrons. The second-order valence-electron chi connectivity index (χ2n) is 7.79. The zero-order chi connectivity index (χ0) is 21.2. The van der Waals surface area contributed by atoms with Crippen LogP contribution in [0.1, 0.15) is 22.6 Å². The van der Waals surface area contributed by atoms with Gasteiger partial charge in [0.25, 0.3) is 0 Å². The van der Waals surface area contributed by atoms with E-state index in [0.717, 1.165) is 52.4 Å². The molecule has 0 atom stereocenters. The highest BCUT2D eigenvalue weighted by Gasteiger charge is 2.16. The summed E-state index contributed by atoms with van der Waals surface area (Å²) in [5.41, 5.74) is 8.51. The van der Waals surface area contributed by atoms with Gasteiger partial charge in [-0.3, -0.25) is 0 Å². The highest BCUT2D eigenvalue weighted by molar-refractivity contribution is 5.94. The van der Waals surface area contributed by atoms with Crippen molar-refractivity contribution >= 4 is 16.7 Å². The number of hydrogen-bond donors (Lipinski definition) is 1. The third-order valence-corrected chi connectivity index (χ3v) is 5.57. The van der Waals surface area contributed by atoms with Gasteiger partial charge < -0.3 is 14.4 Å². The van der Waals surface area contributed by atoms with Crippen molar-refractivity contribution in [3.05, 3.63) is 102 Å². The molecule has 0 saturated heterocycles. The number of anilines is 1.